The summed E-state index contributed by atoms with van der Waals surface area (Å²) in [6.45, 7) is 0.450. The Hall–Kier alpha value is -2.34. The number of carbonyl (C=O) groups is 1. The van der Waals surface area contributed by atoms with Crippen molar-refractivity contribution in [1.82, 2.24) is 0 Å². The summed E-state index contributed by atoms with van der Waals surface area (Å²) in [6, 6.07) is 13.6. The second kappa shape index (κ2) is 5.97. The van der Waals surface area contributed by atoms with Crippen molar-refractivity contribution in [2.24, 2.45) is 5.73 Å². The van der Waals surface area contributed by atoms with Gasteiger partial charge in [-0.1, -0.05) is 24.3 Å². The summed E-state index contributed by atoms with van der Waals surface area (Å²) in [7, 11) is -3.28. The van der Waals surface area contributed by atoms with E-state index in [0.717, 1.165) is 5.56 Å². The molecular weight excluding hydrogens is 288 g/mol. The lowest BCUT2D eigenvalue weighted by Crippen LogP contribution is -2.11. The number of rotatable bonds is 5. The van der Waals surface area contributed by atoms with Crippen molar-refractivity contribution in [2.75, 3.05) is 11.6 Å². The zero-order valence-corrected chi connectivity index (χ0v) is 12.4. The normalized spacial score (nSPS) is 11.1. The Morgan fingerprint density at radius 2 is 1.71 bits per heavy atom. The van der Waals surface area contributed by atoms with Crippen molar-refractivity contribution in [1.29, 1.82) is 0 Å². The second-order valence-electron chi connectivity index (χ2n) is 4.68. The van der Waals surface area contributed by atoms with Crippen LogP contribution < -0.4 is 11.1 Å². The van der Waals surface area contributed by atoms with E-state index in [-0.39, 0.29) is 4.90 Å². The number of primary amides is 1. The van der Waals surface area contributed by atoms with E-state index in [4.69, 9.17) is 5.73 Å². The Balaban J connectivity index is 2.15. The van der Waals surface area contributed by atoms with Gasteiger partial charge in [0.1, 0.15) is 0 Å². The summed E-state index contributed by atoms with van der Waals surface area (Å²) < 4.78 is 23.4. The van der Waals surface area contributed by atoms with Crippen LogP contribution in [0.25, 0.3) is 0 Å². The molecule has 3 N–H and O–H groups in total. The van der Waals surface area contributed by atoms with Crippen molar-refractivity contribution < 1.29 is 13.2 Å². The molecule has 0 fully saturated rings. The molecule has 1 amide bonds. The van der Waals surface area contributed by atoms with Gasteiger partial charge in [-0.05, 0) is 29.8 Å². The molecule has 0 heterocycles. The number of nitrogens with one attached hydrogen (secondary N) is 1. The van der Waals surface area contributed by atoms with E-state index in [0.29, 0.717) is 17.8 Å². The molecule has 0 saturated heterocycles. The van der Waals surface area contributed by atoms with Crippen molar-refractivity contribution in [3.63, 3.8) is 0 Å². The van der Waals surface area contributed by atoms with Crippen LogP contribution in [-0.2, 0) is 16.4 Å². The minimum Gasteiger partial charge on any atom is -0.380 e. The lowest BCUT2D eigenvalue weighted by Gasteiger charge is -2.11. The largest absolute Gasteiger partial charge is 0.380 e. The van der Waals surface area contributed by atoms with Gasteiger partial charge < -0.3 is 11.1 Å². The molecule has 0 bridgehead atoms. The van der Waals surface area contributed by atoms with Crippen LogP contribution in [0.1, 0.15) is 15.9 Å². The number of hydrogen-bond acceptors (Lipinski definition) is 4. The number of nitrogens with two attached hydrogens (primary N) is 1. The third-order valence-electron chi connectivity index (χ3n) is 3.01. The average molecular weight is 304 g/mol. The Labute approximate surface area is 123 Å². The standard InChI is InChI=1S/C15H16N2O3S/c1-21(19,20)14-5-3-2-4-13(14)17-10-11-6-8-12(9-7-11)15(16)18/h2-9,17H,10H2,1H3,(H2,16,18). The average Bonchev–Trinajstić information content (AvgIpc) is 2.45. The number of anilines is 1. The summed E-state index contributed by atoms with van der Waals surface area (Å²) in [5.41, 5.74) is 7.09. The molecule has 2 rings (SSSR count). The molecule has 0 atom stereocenters. The molecule has 0 aromatic heterocycles. The van der Waals surface area contributed by atoms with Crippen molar-refractivity contribution in [3.8, 4) is 0 Å². The highest BCUT2D eigenvalue weighted by Gasteiger charge is 2.12. The molecule has 0 unspecified atom stereocenters. The van der Waals surface area contributed by atoms with Crippen LogP contribution in [0.2, 0.25) is 0 Å². The quantitative estimate of drug-likeness (QED) is 0.881. The number of carbonyl (C=O) groups excluding carboxylic acids is 1. The van der Waals surface area contributed by atoms with Crippen LogP contribution in [-0.4, -0.2) is 20.6 Å². The highest BCUT2D eigenvalue weighted by Crippen LogP contribution is 2.21. The van der Waals surface area contributed by atoms with Gasteiger partial charge >= 0.3 is 0 Å². The molecule has 110 valence electrons. The Bertz CT molecular complexity index is 753. The fourth-order valence-electron chi connectivity index (χ4n) is 1.92. The topological polar surface area (TPSA) is 89.3 Å². The molecule has 2 aromatic rings. The minimum atomic E-state index is -3.28. The second-order valence-corrected chi connectivity index (χ2v) is 6.67. The third-order valence-corrected chi connectivity index (χ3v) is 4.16. The van der Waals surface area contributed by atoms with E-state index in [9.17, 15) is 13.2 Å². The van der Waals surface area contributed by atoms with Gasteiger partial charge in [0.2, 0.25) is 5.91 Å². The van der Waals surface area contributed by atoms with Gasteiger partial charge in [-0.25, -0.2) is 8.42 Å². The van der Waals surface area contributed by atoms with Crippen LogP contribution in [0.4, 0.5) is 5.69 Å². The first-order valence-corrected chi connectivity index (χ1v) is 8.19. The fraction of sp³-hybridized carbons (Fsp3) is 0.133. The molecule has 21 heavy (non-hydrogen) atoms. The first kappa shape index (κ1) is 15.1. The highest BCUT2D eigenvalue weighted by molar-refractivity contribution is 7.90. The summed E-state index contributed by atoms with van der Waals surface area (Å²) >= 11 is 0. The Morgan fingerprint density at radius 1 is 1.10 bits per heavy atom. The molecule has 2 aromatic carbocycles. The van der Waals surface area contributed by atoms with E-state index in [1.165, 1.54) is 6.26 Å². The van der Waals surface area contributed by atoms with Crippen molar-refractivity contribution >= 4 is 21.4 Å². The molecule has 0 aliphatic heterocycles. The smallest absolute Gasteiger partial charge is 0.248 e. The van der Waals surface area contributed by atoms with Gasteiger partial charge in [-0.2, -0.15) is 0 Å². The molecule has 5 nitrogen and oxygen atoms in total. The van der Waals surface area contributed by atoms with Gasteiger partial charge in [-0.15, -0.1) is 0 Å². The van der Waals surface area contributed by atoms with Crippen molar-refractivity contribution in [2.45, 2.75) is 11.4 Å². The summed E-state index contributed by atoms with van der Waals surface area (Å²) in [5.74, 6) is -0.475. The maximum Gasteiger partial charge on any atom is 0.248 e. The number of amides is 1. The molecule has 0 aliphatic carbocycles. The molecule has 0 saturated carbocycles. The monoisotopic (exact) mass is 304 g/mol. The molecule has 6 heteroatoms. The summed E-state index contributed by atoms with van der Waals surface area (Å²) in [4.78, 5) is 11.2. The molecular formula is C15H16N2O3S. The Morgan fingerprint density at radius 3 is 2.29 bits per heavy atom. The molecule has 0 spiro atoms. The number of hydrogen-bond donors (Lipinski definition) is 2. The maximum atomic E-state index is 11.7. The van der Waals surface area contributed by atoms with Gasteiger partial charge in [0.25, 0.3) is 0 Å². The van der Waals surface area contributed by atoms with Crippen LogP contribution in [0.15, 0.2) is 53.4 Å². The zero-order chi connectivity index (χ0) is 15.5. The first-order chi connectivity index (χ1) is 9.88. The van der Waals surface area contributed by atoms with Gasteiger partial charge in [0.15, 0.2) is 9.84 Å². The summed E-state index contributed by atoms with van der Waals surface area (Å²) in [6.07, 6.45) is 1.18. The SMILES string of the molecule is CS(=O)(=O)c1ccccc1NCc1ccc(C(N)=O)cc1. The number of sulfone groups is 1. The van der Waals surface area contributed by atoms with E-state index in [2.05, 4.69) is 5.32 Å². The lowest BCUT2D eigenvalue weighted by molar-refractivity contribution is 0.100. The third kappa shape index (κ3) is 3.82. The van der Waals surface area contributed by atoms with E-state index in [1.54, 1.807) is 48.5 Å². The summed E-state index contributed by atoms with van der Waals surface area (Å²) in [5, 5.41) is 3.09. The zero-order valence-electron chi connectivity index (χ0n) is 11.5. The van der Waals surface area contributed by atoms with Crippen LogP contribution >= 0.6 is 0 Å². The highest BCUT2D eigenvalue weighted by atomic mass is 32.2. The lowest BCUT2D eigenvalue weighted by atomic mass is 10.1. The predicted octanol–water partition coefficient (Wildman–Crippen LogP) is 1.80. The number of para-hydroxylation sites is 1. The van der Waals surface area contributed by atoms with E-state index < -0.39 is 15.7 Å². The van der Waals surface area contributed by atoms with Gasteiger partial charge in [0.05, 0.1) is 10.6 Å². The Kier molecular flexibility index (Phi) is 4.28. The molecule has 0 aliphatic rings. The van der Waals surface area contributed by atoms with Crippen molar-refractivity contribution in [3.05, 3.63) is 59.7 Å². The van der Waals surface area contributed by atoms with Crippen LogP contribution in [0.5, 0.6) is 0 Å². The van der Waals surface area contributed by atoms with Gasteiger partial charge in [-0.3, -0.25) is 4.79 Å². The minimum absolute atomic E-state index is 0.263. The van der Waals surface area contributed by atoms with E-state index >= 15 is 0 Å². The van der Waals surface area contributed by atoms with E-state index in [1.807, 2.05) is 0 Å². The van der Waals surface area contributed by atoms with Crippen LogP contribution in [0, 0.1) is 0 Å². The number of benzene rings is 2. The van der Waals surface area contributed by atoms with Gasteiger partial charge in [0, 0.05) is 18.4 Å². The first-order valence-electron chi connectivity index (χ1n) is 6.29. The fourth-order valence-corrected chi connectivity index (χ4v) is 2.79. The maximum absolute atomic E-state index is 11.7. The van der Waals surface area contributed by atoms with Crippen LogP contribution in [0.3, 0.4) is 0 Å². The predicted molar refractivity (Wildman–Crippen MR) is 81.8 cm³/mol. The molecule has 0 radical (unpaired) electrons.